The maximum absolute atomic E-state index is 12.9. The van der Waals surface area contributed by atoms with Crippen molar-refractivity contribution in [1.29, 1.82) is 0 Å². The van der Waals surface area contributed by atoms with Crippen LogP contribution in [0.5, 0.6) is 0 Å². The van der Waals surface area contributed by atoms with E-state index in [9.17, 15) is 29.1 Å². The third-order valence-corrected chi connectivity index (χ3v) is 11.1. The van der Waals surface area contributed by atoms with Crippen LogP contribution in [0.3, 0.4) is 0 Å². The van der Waals surface area contributed by atoms with Gasteiger partial charge in [-0.1, -0.05) is 168 Å². The van der Waals surface area contributed by atoms with Gasteiger partial charge in [-0.05, 0) is 12.8 Å². The Bertz CT molecular complexity index is 1000. The van der Waals surface area contributed by atoms with Gasteiger partial charge in [0, 0.05) is 31.3 Å². The van der Waals surface area contributed by atoms with Gasteiger partial charge in [0.25, 0.3) is 0 Å². The lowest BCUT2D eigenvalue weighted by atomic mass is 10.0. The van der Waals surface area contributed by atoms with Crippen LogP contribution in [0.1, 0.15) is 201 Å². The lowest BCUT2D eigenvalue weighted by Crippen LogP contribution is -2.53. The Hall–Kier alpha value is -2.34. The van der Waals surface area contributed by atoms with Crippen molar-refractivity contribution in [1.82, 2.24) is 10.6 Å². The number of esters is 3. The Morgan fingerprint density at radius 3 is 1.36 bits per heavy atom. The van der Waals surface area contributed by atoms with Crippen LogP contribution in [0, 0.1) is 0 Å². The van der Waals surface area contributed by atoms with Crippen molar-refractivity contribution in [2.45, 2.75) is 219 Å². The van der Waals surface area contributed by atoms with Gasteiger partial charge in [0.2, 0.25) is 11.8 Å². The molecule has 11 nitrogen and oxygen atoms in total. The highest BCUT2D eigenvalue weighted by Crippen LogP contribution is 2.16. The predicted molar refractivity (Wildman–Crippen MR) is 227 cm³/mol. The number of hydrogen-bond donors (Lipinski definition) is 3. The standard InChI is InChI=1S/C44H82N2O9S/c1-5-7-9-11-13-15-17-19-21-23-25-27-29-31-41(49)54-34-38(35-56-36-40(45-37(3)48)43(51)46-39(33-47)44(52)53-4)55-42(50)32-30-28-26-24-22-20-18-16-14-12-10-8-6-2/h38-40,47H,5-36H2,1-4H3,(H,45,48)(H,46,51)/t38?,39-,40-/m0/s1. The second-order valence-corrected chi connectivity index (χ2v) is 16.4. The molecule has 0 aliphatic heterocycles. The van der Waals surface area contributed by atoms with Gasteiger partial charge in [-0.2, -0.15) is 11.8 Å². The number of hydrogen-bond acceptors (Lipinski definition) is 10. The van der Waals surface area contributed by atoms with E-state index in [1.165, 1.54) is 147 Å². The molecule has 328 valence electrons. The van der Waals surface area contributed by atoms with E-state index in [1.54, 1.807) is 0 Å². The average Bonchev–Trinajstić information content (AvgIpc) is 3.18. The first kappa shape index (κ1) is 53.7. The van der Waals surface area contributed by atoms with Gasteiger partial charge in [-0.25, -0.2) is 4.79 Å². The van der Waals surface area contributed by atoms with E-state index >= 15 is 0 Å². The van der Waals surface area contributed by atoms with Crippen molar-refractivity contribution in [3.8, 4) is 0 Å². The first-order valence-electron chi connectivity index (χ1n) is 22.4. The zero-order valence-electron chi connectivity index (χ0n) is 36.0. The number of carbonyl (C=O) groups is 5. The minimum atomic E-state index is -1.28. The molecule has 3 N–H and O–H groups in total. The van der Waals surface area contributed by atoms with Crippen molar-refractivity contribution < 1.29 is 43.3 Å². The summed E-state index contributed by atoms with van der Waals surface area (Å²) >= 11 is 1.25. The van der Waals surface area contributed by atoms with Crippen molar-refractivity contribution in [2.75, 3.05) is 31.8 Å². The van der Waals surface area contributed by atoms with Gasteiger partial charge in [0.05, 0.1) is 13.7 Å². The minimum absolute atomic E-state index is 0.0878. The highest BCUT2D eigenvalue weighted by molar-refractivity contribution is 7.99. The quantitative estimate of drug-likeness (QED) is 0.0309. The van der Waals surface area contributed by atoms with Crippen LogP contribution in [-0.4, -0.2) is 84.8 Å². The van der Waals surface area contributed by atoms with E-state index in [0.29, 0.717) is 6.42 Å². The Labute approximate surface area is 345 Å². The van der Waals surface area contributed by atoms with E-state index in [0.717, 1.165) is 45.6 Å². The smallest absolute Gasteiger partial charge is 0.330 e. The summed E-state index contributed by atoms with van der Waals surface area (Å²) in [7, 11) is 1.14. The van der Waals surface area contributed by atoms with Gasteiger partial charge in [0.15, 0.2) is 6.04 Å². The number of ether oxygens (including phenoxy) is 3. The van der Waals surface area contributed by atoms with E-state index in [1.807, 2.05) is 0 Å². The predicted octanol–water partition coefficient (Wildman–Crippen LogP) is 9.29. The zero-order chi connectivity index (χ0) is 41.5. The number of unbranched alkanes of at least 4 members (excludes halogenated alkanes) is 24. The summed E-state index contributed by atoms with van der Waals surface area (Å²) in [5.41, 5.74) is 0. The van der Waals surface area contributed by atoms with Crippen LogP contribution in [0.2, 0.25) is 0 Å². The molecule has 0 aromatic carbocycles. The largest absolute Gasteiger partial charge is 0.467 e. The van der Waals surface area contributed by atoms with Crippen molar-refractivity contribution in [2.24, 2.45) is 0 Å². The van der Waals surface area contributed by atoms with Crippen LogP contribution in [0.15, 0.2) is 0 Å². The average molecular weight is 815 g/mol. The molecule has 0 aromatic rings. The summed E-state index contributed by atoms with van der Waals surface area (Å²) in [5.74, 6) is -2.31. The van der Waals surface area contributed by atoms with Gasteiger partial charge >= 0.3 is 17.9 Å². The molecule has 0 aliphatic carbocycles. The molecule has 0 radical (unpaired) electrons. The lowest BCUT2D eigenvalue weighted by molar-refractivity contribution is -0.157. The summed E-state index contributed by atoms with van der Waals surface area (Å²) in [5, 5.41) is 14.5. The van der Waals surface area contributed by atoms with Gasteiger partial charge in [0.1, 0.15) is 18.8 Å². The molecular weight excluding hydrogens is 733 g/mol. The molecule has 56 heavy (non-hydrogen) atoms. The number of rotatable bonds is 40. The SMILES string of the molecule is CCCCCCCCCCCCCCCC(=O)OCC(CSC[C@H](NC(C)=O)C(=O)N[C@@H](CO)C(=O)OC)OC(=O)CCCCCCCCCCCCCCC. The molecule has 0 spiro atoms. The molecule has 0 aliphatic rings. The highest BCUT2D eigenvalue weighted by Gasteiger charge is 2.27. The number of aliphatic hydroxyl groups excluding tert-OH is 1. The van der Waals surface area contributed by atoms with Gasteiger partial charge < -0.3 is 30.0 Å². The summed E-state index contributed by atoms with van der Waals surface area (Å²) in [6.07, 6.45) is 31.4. The Morgan fingerprint density at radius 2 is 0.964 bits per heavy atom. The molecule has 12 heteroatoms. The summed E-state index contributed by atoms with van der Waals surface area (Å²) in [6.45, 7) is 5.00. The fourth-order valence-corrected chi connectivity index (χ4v) is 7.57. The molecule has 3 atom stereocenters. The van der Waals surface area contributed by atoms with Gasteiger partial charge in [-0.3, -0.25) is 19.2 Å². The zero-order valence-corrected chi connectivity index (χ0v) is 36.8. The normalized spacial score (nSPS) is 12.7. The lowest BCUT2D eigenvalue weighted by Gasteiger charge is -2.22. The molecule has 0 heterocycles. The second kappa shape index (κ2) is 39.5. The third kappa shape index (κ3) is 33.8. The van der Waals surface area contributed by atoms with Crippen molar-refractivity contribution in [3.63, 3.8) is 0 Å². The van der Waals surface area contributed by atoms with Crippen molar-refractivity contribution >= 4 is 41.5 Å². The molecule has 0 fully saturated rings. The number of thioether (sulfide) groups is 1. The first-order valence-corrected chi connectivity index (χ1v) is 23.5. The van der Waals surface area contributed by atoms with E-state index in [4.69, 9.17) is 9.47 Å². The topological polar surface area (TPSA) is 157 Å². The highest BCUT2D eigenvalue weighted by atomic mass is 32.2. The third-order valence-electron chi connectivity index (χ3n) is 9.96. The summed E-state index contributed by atoms with van der Waals surface area (Å²) in [6, 6.07) is -2.31. The number of aliphatic hydroxyl groups is 1. The van der Waals surface area contributed by atoms with Crippen LogP contribution in [-0.2, 0) is 38.2 Å². The fraction of sp³-hybridized carbons (Fsp3) is 0.886. The molecule has 2 amide bonds. The Morgan fingerprint density at radius 1 is 0.554 bits per heavy atom. The Balaban J connectivity index is 4.77. The maximum atomic E-state index is 12.9. The molecule has 0 bridgehead atoms. The fourth-order valence-electron chi connectivity index (χ4n) is 6.53. The van der Waals surface area contributed by atoms with Crippen LogP contribution >= 0.6 is 11.8 Å². The number of nitrogens with one attached hydrogen (secondary N) is 2. The second-order valence-electron chi connectivity index (χ2n) is 15.3. The van der Waals surface area contributed by atoms with E-state index in [2.05, 4.69) is 29.2 Å². The maximum Gasteiger partial charge on any atom is 0.330 e. The van der Waals surface area contributed by atoms with E-state index in [-0.39, 0.29) is 36.5 Å². The first-order chi connectivity index (χ1) is 27.2. The molecule has 0 rings (SSSR count). The van der Waals surface area contributed by atoms with Crippen LogP contribution in [0.25, 0.3) is 0 Å². The van der Waals surface area contributed by atoms with Crippen LogP contribution < -0.4 is 10.6 Å². The molecule has 0 saturated carbocycles. The monoisotopic (exact) mass is 815 g/mol. The summed E-state index contributed by atoms with van der Waals surface area (Å²) < 4.78 is 15.9. The number of carbonyl (C=O) groups excluding carboxylic acids is 5. The van der Waals surface area contributed by atoms with E-state index < -0.39 is 42.6 Å². The molecule has 1 unspecified atom stereocenters. The minimum Gasteiger partial charge on any atom is -0.467 e. The Kier molecular flexibility index (Phi) is 37.8. The number of amides is 2. The molecular formula is C44H82N2O9S. The summed E-state index contributed by atoms with van der Waals surface area (Å²) in [4.78, 5) is 62.1. The van der Waals surface area contributed by atoms with Gasteiger partial charge in [-0.15, -0.1) is 0 Å². The van der Waals surface area contributed by atoms with Crippen LogP contribution in [0.4, 0.5) is 0 Å². The molecule has 0 saturated heterocycles. The van der Waals surface area contributed by atoms with Crippen molar-refractivity contribution in [3.05, 3.63) is 0 Å². The molecule has 0 aromatic heterocycles. The number of methoxy groups -OCH3 is 1.